The number of benzene rings is 5. The summed E-state index contributed by atoms with van der Waals surface area (Å²) in [7, 11) is 0. The molecule has 5 aromatic rings. The van der Waals surface area contributed by atoms with Crippen LogP contribution in [0.25, 0.3) is 45.6 Å². The number of rotatable bonds is 2. The lowest BCUT2D eigenvalue weighted by molar-refractivity contribution is 1.36. The summed E-state index contributed by atoms with van der Waals surface area (Å²) in [4.78, 5) is 10.2. The van der Waals surface area contributed by atoms with E-state index < -0.39 is 0 Å². The molecule has 186 valence electrons. The van der Waals surface area contributed by atoms with Gasteiger partial charge in [-0.25, -0.2) is 9.98 Å². The van der Waals surface area contributed by atoms with Crippen molar-refractivity contribution in [3.63, 3.8) is 0 Å². The summed E-state index contributed by atoms with van der Waals surface area (Å²) >= 11 is 0. The number of allylic oxidation sites excluding steroid dienone is 2. The number of hydrogen-bond donors (Lipinski definition) is 0. The highest BCUT2D eigenvalue weighted by Crippen LogP contribution is 2.51. The van der Waals surface area contributed by atoms with Gasteiger partial charge in [-0.05, 0) is 82.6 Å². The summed E-state index contributed by atoms with van der Waals surface area (Å²) in [5.74, 6) is 0. The van der Waals surface area contributed by atoms with Crippen molar-refractivity contribution in [2.75, 3.05) is 0 Å². The van der Waals surface area contributed by atoms with Crippen molar-refractivity contribution in [1.29, 1.82) is 0 Å². The molecule has 2 nitrogen and oxygen atoms in total. The third-order valence-electron chi connectivity index (χ3n) is 8.86. The van der Waals surface area contributed by atoms with Gasteiger partial charge >= 0.3 is 0 Å². The minimum Gasteiger partial charge on any atom is -0.247 e. The molecular formula is C38H24N2. The molecule has 0 unspecified atom stereocenters. The largest absolute Gasteiger partial charge is 0.247 e. The molecule has 0 aromatic heterocycles. The Balaban J connectivity index is 1.23. The van der Waals surface area contributed by atoms with E-state index in [4.69, 9.17) is 9.98 Å². The highest BCUT2D eigenvalue weighted by atomic mass is 14.8. The molecule has 4 aliphatic rings. The molecule has 0 radical (unpaired) electrons. The van der Waals surface area contributed by atoms with Gasteiger partial charge in [0.15, 0.2) is 0 Å². The summed E-state index contributed by atoms with van der Waals surface area (Å²) in [6.45, 7) is 4.51. The third-order valence-corrected chi connectivity index (χ3v) is 8.86. The van der Waals surface area contributed by atoms with Crippen molar-refractivity contribution >= 4 is 46.1 Å². The van der Waals surface area contributed by atoms with Gasteiger partial charge in [0.25, 0.3) is 0 Å². The lowest BCUT2D eigenvalue weighted by atomic mass is 9.84. The van der Waals surface area contributed by atoms with Crippen LogP contribution in [-0.4, -0.2) is 11.4 Å². The maximum atomic E-state index is 5.11. The van der Waals surface area contributed by atoms with Crippen molar-refractivity contribution in [3.8, 4) is 22.3 Å². The molecule has 2 aliphatic carbocycles. The van der Waals surface area contributed by atoms with Crippen LogP contribution >= 0.6 is 0 Å². The van der Waals surface area contributed by atoms with Crippen molar-refractivity contribution < 1.29 is 0 Å². The second-order valence-electron chi connectivity index (χ2n) is 11.0. The van der Waals surface area contributed by atoms with Gasteiger partial charge in [-0.1, -0.05) is 84.9 Å². The Morgan fingerprint density at radius 2 is 0.950 bits per heavy atom. The summed E-state index contributed by atoms with van der Waals surface area (Å²) < 4.78 is 0. The number of aryl methyl sites for hydroxylation is 1. The molecule has 2 heteroatoms. The van der Waals surface area contributed by atoms with Crippen LogP contribution in [0, 0.1) is 13.8 Å². The first-order valence-electron chi connectivity index (χ1n) is 13.9. The second kappa shape index (κ2) is 7.74. The predicted molar refractivity (Wildman–Crippen MR) is 168 cm³/mol. The zero-order valence-corrected chi connectivity index (χ0v) is 22.3. The third kappa shape index (κ3) is 2.78. The normalized spacial score (nSPS) is 14.8. The van der Waals surface area contributed by atoms with Crippen LogP contribution in [0.3, 0.4) is 0 Å². The topological polar surface area (TPSA) is 24.7 Å². The Morgan fingerprint density at radius 3 is 1.57 bits per heavy atom. The van der Waals surface area contributed by atoms with Crippen molar-refractivity contribution in [2.24, 2.45) is 9.98 Å². The molecule has 2 aliphatic heterocycles. The zero-order valence-electron chi connectivity index (χ0n) is 22.3. The van der Waals surface area contributed by atoms with Crippen molar-refractivity contribution in [2.45, 2.75) is 13.8 Å². The fourth-order valence-electron chi connectivity index (χ4n) is 7.10. The van der Waals surface area contributed by atoms with Crippen molar-refractivity contribution in [1.82, 2.24) is 0 Å². The van der Waals surface area contributed by atoms with E-state index in [1.807, 2.05) is 0 Å². The molecule has 5 aromatic carbocycles. The van der Waals surface area contributed by atoms with Crippen LogP contribution in [0.1, 0.15) is 44.5 Å². The fourth-order valence-corrected chi connectivity index (χ4v) is 7.10. The Kier molecular flexibility index (Phi) is 4.22. The quantitative estimate of drug-likeness (QED) is 0.227. The van der Waals surface area contributed by atoms with Gasteiger partial charge in [0.05, 0.1) is 22.8 Å². The Bertz CT molecular complexity index is 2120. The summed E-state index contributed by atoms with van der Waals surface area (Å²) in [6, 6.07) is 34.8. The Labute approximate surface area is 233 Å². The van der Waals surface area contributed by atoms with Gasteiger partial charge < -0.3 is 0 Å². The first-order chi connectivity index (χ1) is 19.7. The molecule has 0 saturated heterocycles. The lowest BCUT2D eigenvalue weighted by Crippen LogP contribution is -1.99. The number of aliphatic imine (C=N–C) groups is 2. The molecule has 2 heterocycles. The van der Waals surface area contributed by atoms with Gasteiger partial charge in [0.2, 0.25) is 0 Å². The fraction of sp³-hybridized carbons (Fsp3) is 0.0526. The Hall–Kier alpha value is -5.08. The standard InChI is InChI=1S/C38H24N2/c1-21-17-18-25(28-13-7-15-32-35(28)30-19-23-9-3-5-11-26(23)37(30)39-32)22(2)34(21)29-14-8-16-33-36(29)31-20-24-10-4-6-12-27(24)38(31)40-33/h3-20H,1-2H3. The van der Waals surface area contributed by atoms with E-state index >= 15 is 0 Å². The predicted octanol–water partition coefficient (Wildman–Crippen LogP) is 9.61. The molecule has 0 bridgehead atoms. The van der Waals surface area contributed by atoms with E-state index in [-0.39, 0.29) is 0 Å². The monoisotopic (exact) mass is 508 g/mol. The molecule has 0 atom stereocenters. The SMILES string of the molecule is Cc1ccc(-c2cccc3c2C2=Cc4ccccc4C2=N3)c(C)c1-c1cccc2c1C1=Cc3ccccc3C1=N2. The summed E-state index contributed by atoms with van der Waals surface area (Å²) in [5, 5.41) is 0. The van der Waals surface area contributed by atoms with E-state index in [1.165, 1.54) is 77.9 Å². The molecule has 0 fully saturated rings. The average molecular weight is 509 g/mol. The molecule has 40 heavy (non-hydrogen) atoms. The average Bonchev–Trinajstić information content (AvgIpc) is 3.71. The zero-order chi connectivity index (χ0) is 26.5. The number of hydrogen-bond acceptors (Lipinski definition) is 2. The number of fused-ring (bicyclic) bond motifs is 10. The minimum absolute atomic E-state index is 1.06. The van der Waals surface area contributed by atoms with Crippen LogP contribution in [0.4, 0.5) is 11.4 Å². The molecule has 0 amide bonds. The van der Waals surface area contributed by atoms with E-state index in [0.717, 1.165) is 22.8 Å². The first kappa shape index (κ1) is 21.8. The minimum atomic E-state index is 1.06. The maximum absolute atomic E-state index is 5.11. The maximum Gasteiger partial charge on any atom is 0.0795 e. The Morgan fingerprint density at radius 1 is 0.425 bits per heavy atom. The smallest absolute Gasteiger partial charge is 0.0795 e. The highest BCUT2D eigenvalue weighted by molar-refractivity contribution is 6.45. The van der Waals surface area contributed by atoms with Gasteiger partial charge in [-0.2, -0.15) is 0 Å². The van der Waals surface area contributed by atoms with Crippen LogP contribution in [-0.2, 0) is 0 Å². The molecular weight excluding hydrogens is 484 g/mol. The molecule has 0 N–H and O–H groups in total. The second-order valence-corrected chi connectivity index (χ2v) is 11.0. The molecule has 0 saturated carbocycles. The van der Waals surface area contributed by atoms with Crippen LogP contribution in [0.5, 0.6) is 0 Å². The van der Waals surface area contributed by atoms with E-state index in [9.17, 15) is 0 Å². The summed E-state index contributed by atoms with van der Waals surface area (Å²) in [5.41, 5.74) is 21.8. The van der Waals surface area contributed by atoms with Gasteiger partial charge in [-0.15, -0.1) is 0 Å². The van der Waals surface area contributed by atoms with E-state index in [0.29, 0.717) is 0 Å². The van der Waals surface area contributed by atoms with Crippen LogP contribution < -0.4 is 0 Å². The van der Waals surface area contributed by atoms with Gasteiger partial charge in [-0.3, -0.25) is 0 Å². The first-order valence-corrected chi connectivity index (χ1v) is 13.9. The lowest BCUT2D eigenvalue weighted by Gasteiger charge is -2.19. The molecule has 9 rings (SSSR count). The van der Waals surface area contributed by atoms with E-state index in [1.54, 1.807) is 0 Å². The summed E-state index contributed by atoms with van der Waals surface area (Å²) in [6.07, 6.45) is 4.62. The van der Waals surface area contributed by atoms with Gasteiger partial charge in [0.1, 0.15) is 0 Å². The molecule has 0 spiro atoms. The van der Waals surface area contributed by atoms with Crippen molar-refractivity contribution in [3.05, 3.63) is 142 Å². The van der Waals surface area contributed by atoms with Gasteiger partial charge in [0, 0.05) is 33.4 Å². The highest BCUT2D eigenvalue weighted by Gasteiger charge is 2.33. The van der Waals surface area contributed by atoms with Crippen LogP contribution in [0.2, 0.25) is 0 Å². The van der Waals surface area contributed by atoms with Crippen LogP contribution in [0.15, 0.2) is 107 Å². The van der Waals surface area contributed by atoms with E-state index in [2.05, 4.69) is 123 Å². The number of nitrogens with zero attached hydrogens (tertiary/aromatic N) is 2.